The second-order valence-electron chi connectivity index (χ2n) is 10.2. The Morgan fingerprint density at radius 3 is 2.64 bits per heavy atom. The standard InChI is InChI=1S/C29H30F2N6O2/c1-32-29-27(39-29)25-24-16-38-26-18(4-2-7-23(26)37(24)17-33-25)10-11-35-12-14-36(15-13-35)22-6-3-5-20-19(22)8-9-21(34-20)28(30)31/h2-9,17,27-29,32H,10-16H2,1H3. The van der Waals surface area contributed by atoms with Crippen molar-refractivity contribution in [1.29, 1.82) is 0 Å². The Kier molecular flexibility index (Phi) is 6.18. The first-order valence-corrected chi connectivity index (χ1v) is 13.4. The molecule has 0 saturated carbocycles. The number of benzene rings is 2. The number of fused-ring (bicyclic) bond motifs is 4. The molecule has 2 saturated heterocycles. The third-order valence-corrected chi connectivity index (χ3v) is 8.00. The first-order chi connectivity index (χ1) is 19.1. The fourth-order valence-electron chi connectivity index (χ4n) is 5.82. The van der Waals surface area contributed by atoms with Crippen molar-refractivity contribution in [3.05, 3.63) is 77.5 Å². The molecule has 3 aliphatic heterocycles. The van der Waals surface area contributed by atoms with Crippen LogP contribution in [0.4, 0.5) is 14.5 Å². The molecule has 10 heteroatoms. The summed E-state index contributed by atoms with van der Waals surface area (Å²) in [6, 6.07) is 15.3. The predicted octanol–water partition coefficient (Wildman–Crippen LogP) is 4.23. The van der Waals surface area contributed by atoms with E-state index in [1.165, 1.54) is 11.6 Å². The molecule has 0 bridgehead atoms. The zero-order chi connectivity index (χ0) is 26.5. The first kappa shape index (κ1) is 24.4. The van der Waals surface area contributed by atoms with Gasteiger partial charge in [0.15, 0.2) is 0 Å². The van der Waals surface area contributed by atoms with Gasteiger partial charge in [-0.25, -0.2) is 18.7 Å². The van der Waals surface area contributed by atoms with Crippen LogP contribution >= 0.6 is 0 Å². The number of hydrogen-bond donors (Lipinski definition) is 1. The number of anilines is 1. The first-order valence-electron chi connectivity index (χ1n) is 13.4. The Bertz CT molecular complexity index is 1520. The summed E-state index contributed by atoms with van der Waals surface area (Å²) in [6.07, 6.45) is 0.208. The summed E-state index contributed by atoms with van der Waals surface area (Å²) in [4.78, 5) is 13.6. The minimum Gasteiger partial charge on any atom is -0.485 e. The number of para-hydroxylation sites is 1. The number of alkyl halides is 2. The van der Waals surface area contributed by atoms with Crippen LogP contribution in [0.25, 0.3) is 16.6 Å². The number of hydrogen-bond acceptors (Lipinski definition) is 7. The highest BCUT2D eigenvalue weighted by molar-refractivity contribution is 5.92. The molecule has 3 aliphatic rings. The molecule has 1 N–H and O–H groups in total. The van der Waals surface area contributed by atoms with Crippen molar-refractivity contribution in [3.63, 3.8) is 0 Å². The van der Waals surface area contributed by atoms with E-state index in [4.69, 9.17) is 9.47 Å². The number of likely N-dealkylation sites (N-methyl/N-ethyl adjacent to an activating group) is 1. The van der Waals surface area contributed by atoms with Gasteiger partial charge in [-0.15, -0.1) is 0 Å². The quantitative estimate of drug-likeness (QED) is 0.357. The highest BCUT2D eigenvalue weighted by Crippen LogP contribution is 2.41. The van der Waals surface area contributed by atoms with E-state index < -0.39 is 6.43 Å². The molecule has 0 aliphatic carbocycles. The Labute approximate surface area is 225 Å². The summed E-state index contributed by atoms with van der Waals surface area (Å²) in [5.74, 6) is 0.931. The lowest BCUT2D eigenvalue weighted by molar-refractivity contribution is 0.146. The normalized spacial score (nSPS) is 20.7. The summed E-state index contributed by atoms with van der Waals surface area (Å²) < 4.78 is 40.3. The Morgan fingerprint density at radius 2 is 1.85 bits per heavy atom. The number of aromatic nitrogens is 3. The summed E-state index contributed by atoms with van der Waals surface area (Å²) in [7, 11) is 1.89. The number of halogens is 2. The zero-order valence-corrected chi connectivity index (χ0v) is 21.7. The molecule has 0 amide bonds. The molecular weight excluding hydrogens is 502 g/mol. The van der Waals surface area contributed by atoms with Gasteiger partial charge < -0.3 is 14.4 Å². The number of rotatable bonds is 7. The van der Waals surface area contributed by atoms with Crippen molar-refractivity contribution in [2.75, 3.05) is 44.7 Å². The van der Waals surface area contributed by atoms with Crippen LogP contribution in [0.3, 0.4) is 0 Å². The minimum absolute atomic E-state index is 0.0153. The lowest BCUT2D eigenvalue weighted by Crippen LogP contribution is -2.47. The number of ether oxygens (including phenoxy) is 2. The topological polar surface area (TPSA) is 71.0 Å². The number of nitrogens with zero attached hydrogens (tertiary/aromatic N) is 5. The van der Waals surface area contributed by atoms with Crippen LogP contribution in [-0.2, 0) is 17.8 Å². The number of nitrogens with one attached hydrogen (secondary N) is 1. The van der Waals surface area contributed by atoms with E-state index in [0.717, 1.165) is 73.0 Å². The van der Waals surface area contributed by atoms with E-state index in [-0.39, 0.29) is 18.0 Å². The molecule has 4 aromatic rings. The van der Waals surface area contributed by atoms with Gasteiger partial charge in [-0.1, -0.05) is 18.2 Å². The number of imidazole rings is 1. The Morgan fingerprint density at radius 1 is 1.03 bits per heavy atom. The molecule has 7 rings (SSSR count). The molecule has 5 heterocycles. The maximum atomic E-state index is 13.1. The van der Waals surface area contributed by atoms with Crippen molar-refractivity contribution in [1.82, 2.24) is 24.8 Å². The molecule has 2 fully saturated rings. The van der Waals surface area contributed by atoms with Crippen molar-refractivity contribution in [2.45, 2.75) is 31.8 Å². The van der Waals surface area contributed by atoms with Gasteiger partial charge in [0, 0.05) is 43.8 Å². The van der Waals surface area contributed by atoms with E-state index in [1.54, 1.807) is 12.1 Å². The van der Waals surface area contributed by atoms with Gasteiger partial charge in [0.05, 0.1) is 22.6 Å². The summed E-state index contributed by atoms with van der Waals surface area (Å²) in [5.41, 5.74) is 5.70. The maximum Gasteiger partial charge on any atom is 0.280 e. The van der Waals surface area contributed by atoms with Crippen molar-refractivity contribution in [3.8, 4) is 11.4 Å². The zero-order valence-electron chi connectivity index (χ0n) is 21.7. The third-order valence-electron chi connectivity index (χ3n) is 8.00. The summed E-state index contributed by atoms with van der Waals surface area (Å²) >= 11 is 0. The average molecular weight is 533 g/mol. The fourth-order valence-corrected chi connectivity index (χ4v) is 5.82. The van der Waals surface area contributed by atoms with E-state index in [2.05, 4.69) is 53.9 Å². The van der Waals surface area contributed by atoms with Crippen LogP contribution in [-0.4, -0.2) is 65.4 Å². The maximum absolute atomic E-state index is 13.1. The molecule has 0 spiro atoms. The van der Waals surface area contributed by atoms with Gasteiger partial charge in [0.25, 0.3) is 6.43 Å². The van der Waals surface area contributed by atoms with Crippen LogP contribution in [0.2, 0.25) is 0 Å². The molecule has 8 nitrogen and oxygen atoms in total. The van der Waals surface area contributed by atoms with Crippen molar-refractivity contribution >= 4 is 16.6 Å². The molecular formula is C29H30F2N6O2. The van der Waals surface area contributed by atoms with Crippen molar-refractivity contribution in [2.24, 2.45) is 0 Å². The lowest BCUT2D eigenvalue weighted by Gasteiger charge is -2.36. The van der Waals surface area contributed by atoms with Crippen LogP contribution in [0.15, 0.2) is 54.9 Å². The smallest absolute Gasteiger partial charge is 0.280 e. The summed E-state index contributed by atoms with van der Waals surface area (Å²) in [5, 5.41) is 4.05. The van der Waals surface area contributed by atoms with Gasteiger partial charge in [-0.2, -0.15) is 0 Å². The predicted molar refractivity (Wildman–Crippen MR) is 144 cm³/mol. The van der Waals surface area contributed by atoms with Crippen molar-refractivity contribution < 1.29 is 18.3 Å². The molecule has 39 heavy (non-hydrogen) atoms. The highest BCUT2D eigenvalue weighted by atomic mass is 19.3. The molecule has 2 atom stereocenters. The third kappa shape index (κ3) is 4.42. The van der Waals surface area contributed by atoms with Crippen LogP contribution < -0.4 is 15.0 Å². The largest absolute Gasteiger partial charge is 0.485 e. The van der Waals surface area contributed by atoms with Gasteiger partial charge in [0.1, 0.15) is 36.7 Å². The Balaban J connectivity index is 1.01. The minimum atomic E-state index is -2.56. The van der Waals surface area contributed by atoms with E-state index in [1.807, 2.05) is 19.4 Å². The number of epoxide rings is 1. The van der Waals surface area contributed by atoms with E-state index in [0.29, 0.717) is 12.1 Å². The Hall–Kier alpha value is -3.60. The second kappa shape index (κ2) is 9.86. The summed E-state index contributed by atoms with van der Waals surface area (Å²) in [6.45, 7) is 5.02. The monoisotopic (exact) mass is 532 g/mol. The molecule has 2 unspecified atom stereocenters. The molecule has 0 radical (unpaired) electrons. The highest BCUT2D eigenvalue weighted by Gasteiger charge is 2.43. The van der Waals surface area contributed by atoms with Crippen LogP contribution in [0.5, 0.6) is 5.75 Å². The average Bonchev–Trinajstić information content (AvgIpc) is 3.63. The van der Waals surface area contributed by atoms with Gasteiger partial charge in [0.2, 0.25) is 0 Å². The lowest BCUT2D eigenvalue weighted by atomic mass is 10.1. The number of piperazine rings is 1. The molecule has 202 valence electrons. The fraction of sp³-hybridized carbons (Fsp3) is 0.379. The van der Waals surface area contributed by atoms with Gasteiger partial charge in [-0.05, 0) is 49.4 Å². The van der Waals surface area contributed by atoms with Crippen LogP contribution in [0.1, 0.15) is 35.2 Å². The van der Waals surface area contributed by atoms with E-state index >= 15 is 0 Å². The number of pyridine rings is 1. The molecule has 2 aromatic carbocycles. The SMILES string of the molecule is CNC1OC1c1ncn2c1COc1c(CCN3CCN(c4cccc5nc(C(F)F)ccc45)CC3)cccc1-2. The second-order valence-corrected chi connectivity index (χ2v) is 10.2. The van der Waals surface area contributed by atoms with Gasteiger partial charge >= 0.3 is 0 Å². The van der Waals surface area contributed by atoms with Gasteiger partial charge in [-0.3, -0.25) is 14.8 Å². The molecule has 2 aromatic heterocycles. The van der Waals surface area contributed by atoms with Crippen LogP contribution in [0, 0.1) is 0 Å². The van der Waals surface area contributed by atoms with E-state index in [9.17, 15) is 8.78 Å².